The van der Waals surface area contributed by atoms with E-state index in [1.54, 1.807) is 0 Å². The van der Waals surface area contributed by atoms with Gasteiger partial charge in [-0.25, -0.2) is 0 Å². The van der Waals surface area contributed by atoms with Crippen LogP contribution in [-0.2, 0) is 13.2 Å². The number of hydrogen-bond donors (Lipinski definition) is 1. The minimum absolute atomic E-state index is 0.0815. The summed E-state index contributed by atoms with van der Waals surface area (Å²) >= 11 is 0. The molecular formula is C22H22O2. The highest BCUT2D eigenvalue weighted by molar-refractivity contribution is 5.67. The molecule has 0 aromatic heterocycles. The van der Waals surface area contributed by atoms with Crippen molar-refractivity contribution in [1.29, 1.82) is 0 Å². The van der Waals surface area contributed by atoms with Gasteiger partial charge in [0, 0.05) is 0 Å². The summed E-state index contributed by atoms with van der Waals surface area (Å²) in [4.78, 5) is 0. The van der Waals surface area contributed by atoms with E-state index < -0.39 is 0 Å². The normalized spacial score (nSPS) is 10.6. The van der Waals surface area contributed by atoms with Gasteiger partial charge in [0.1, 0.15) is 12.4 Å². The zero-order valence-corrected chi connectivity index (χ0v) is 14.1. The number of ether oxygens (including phenoxy) is 1. The Balaban J connectivity index is 1.83. The van der Waals surface area contributed by atoms with Crippen LogP contribution in [0.4, 0.5) is 0 Å². The molecule has 3 aromatic carbocycles. The van der Waals surface area contributed by atoms with Crippen molar-refractivity contribution in [2.75, 3.05) is 0 Å². The third kappa shape index (κ3) is 3.66. The smallest absolute Gasteiger partial charge is 0.120 e. The summed E-state index contributed by atoms with van der Waals surface area (Å²) in [6.45, 7) is 4.72. The Hall–Kier alpha value is -2.58. The van der Waals surface area contributed by atoms with Crippen LogP contribution in [0, 0.1) is 13.8 Å². The molecule has 24 heavy (non-hydrogen) atoms. The average Bonchev–Trinajstić information content (AvgIpc) is 2.61. The molecule has 0 amide bonds. The molecule has 0 atom stereocenters. The van der Waals surface area contributed by atoms with Crippen molar-refractivity contribution < 1.29 is 9.84 Å². The molecule has 0 unspecified atom stereocenters. The van der Waals surface area contributed by atoms with E-state index in [2.05, 4.69) is 36.4 Å². The summed E-state index contributed by atoms with van der Waals surface area (Å²) in [6, 6.07) is 22.5. The Morgan fingerprint density at radius 1 is 0.792 bits per heavy atom. The van der Waals surface area contributed by atoms with Crippen LogP contribution in [0.5, 0.6) is 5.75 Å². The standard InChI is InChI=1S/C22H22O2/c1-16-11-20(12-17(2)22(16)14-23)19-9-6-10-21(13-19)24-15-18-7-4-3-5-8-18/h3-13,23H,14-15H2,1-2H3. The molecule has 0 heterocycles. The van der Waals surface area contributed by atoms with Gasteiger partial charge in [0.2, 0.25) is 0 Å². The summed E-state index contributed by atoms with van der Waals surface area (Å²) < 4.78 is 5.92. The molecule has 0 radical (unpaired) electrons. The van der Waals surface area contributed by atoms with Gasteiger partial charge in [-0.3, -0.25) is 0 Å². The Morgan fingerprint density at radius 3 is 2.17 bits per heavy atom. The highest BCUT2D eigenvalue weighted by Gasteiger charge is 2.07. The fraction of sp³-hybridized carbons (Fsp3) is 0.182. The number of hydrogen-bond acceptors (Lipinski definition) is 2. The van der Waals surface area contributed by atoms with Crippen molar-refractivity contribution >= 4 is 0 Å². The second kappa shape index (κ2) is 7.33. The van der Waals surface area contributed by atoms with Gasteiger partial charge in [-0.15, -0.1) is 0 Å². The van der Waals surface area contributed by atoms with Crippen molar-refractivity contribution in [2.24, 2.45) is 0 Å². The maximum atomic E-state index is 9.46. The predicted molar refractivity (Wildman–Crippen MR) is 98.0 cm³/mol. The molecule has 122 valence electrons. The van der Waals surface area contributed by atoms with Crippen LogP contribution < -0.4 is 4.74 Å². The third-order valence-corrected chi connectivity index (χ3v) is 4.27. The Labute approximate surface area is 143 Å². The molecule has 2 nitrogen and oxygen atoms in total. The number of aliphatic hydroxyl groups excluding tert-OH is 1. The topological polar surface area (TPSA) is 29.5 Å². The van der Waals surface area contributed by atoms with E-state index in [0.29, 0.717) is 6.61 Å². The van der Waals surface area contributed by atoms with Crippen LogP contribution in [-0.4, -0.2) is 5.11 Å². The van der Waals surface area contributed by atoms with Crippen molar-refractivity contribution in [3.05, 3.63) is 89.0 Å². The van der Waals surface area contributed by atoms with Crippen LogP contribution >= 0.6 is 0 Å². The Morgan fingerprint density at radius 2 is 1.50 bits per heavy atom. The van der Waals surface area contributed by atoms with Gasteiger partial charge >= 0.3 is 0 Å². The fourth-order valence-electron chi connectivity index (χ4n) is 2.92. The maximum absolute atomic E-state index is 9.46. The van der Waals surface area contributed by atoms with Crippen molar-refractivity contribution in [3.8, 4) is 16.9 Å². The third-order valence-electron chi connectivity index (χ3n) is 4.27. The molecule has 0 aliphatic heterocycles. The fourth-order valence-corrected chi connectivity index (χ4v) is 2.92. The number of aryl methyl sites for hydroxylation is 2. The number of aliphatic hydroxyl groups is 1. The summed E-state index contributed by atoms with van der Waals surface area (Å²) in [5.74, 6) is 0.859. The van der Waals surface area contributed by atoms with Gasteiger partial charge < -0.3 is 9.84 Å². The van der Waals surface area contributed by atoms with E-state index in [9.17, 15) is 5.11 Å². The van der Waals surface area contributed by atoms with Gasteiger partial charge in [0.05, 0.1) is 6.61 Å². The predicted octanol–water partition coefficient (Wildman–Crippen LogP) is 5.04. The molecule has 0 bridgehead atoms. The van der Waals surface area contributed by atoms with Crippen LogP contribution in [0.15, 0.2) is 66.7 Å². The van der Waals surface area contributed by atoms with Gasteiger partial charge in [-0.05, 0) is 59.4 Å². The van der Waals surface area contributed by atoms with E-state index in [1.165, 1.54) is 0 Å². The minimum atomic E-state index is 0.0815. The first-order valence-electron chi connectivity index (χ1n) is 8.15. The summed E-state index contributed by atoms with van der Waals surface area (Å²) in [5.41, 5.74) is 6.66. The van der Waals surface area contributed by atoms with E-state index in [-0.39, 0.29) is 6.61 Å². The van der Waals surface area contributed by atoms with E-state index in [0.717, 1.165) is 39.1 Å². The highest BCUT2D eigenvalue weighted by atomic mass is 16.5. The quantitative estimate of drug-likeness (QED) is 0.714. The summed E-state index contributed by atoms with van der Waals surface area (Å²) in [7, 11) is 0. The van der Waals surface area contributed by atoms with Crippen LogP contribution in [0.25, 0.3) is 11.1 Å². The van der Waals surface area contributed by atoms with E-state index in [1.807, 2.05) is 44.2 Å². The average molecular weight is 318 g/mol. The zero-order valence-electron chi connectivity index (χ0n) is 14.1. The van der Waals surface area contributed by atoms with E-state index in [4.69, 9.17) is 4.74 Å². The first-order valence-corrected chi connectivity index (χ1v) is 8.15. The first kappa shape index (κ1) is 16.3. The molecular weight excluding hydrogens is 296 g/mol. The Bertz CT molecular complexity index is 799. The maximum Gasteiger partial charge on any atom is 0.120 e. The van der Waals surface area contributed by atoms with Crippen molar-refractivity contribution in [3.63, 3.8) is 0 Å². The minimum Gasteiger partial charge on any atom is -0.489 e. The van der Waals surface area contributed by atoms with Gasteiger partial charge in [-0.1, -0.05) is 54.6 Å². The molecule has 1 N–H and O–H groups in total. The van der Waals surface area contributed by atoms with Crippen molar-refractivity contribution in [2.45, 2.75) is 27.1 Å². The molecule has 0 saturated heterocycles. The van der Waals surface area contributed by atoms with Crippen molar-refractivity contribution in [1.82, 2.24) is 0 Å². The number of rotatable bonds is 5. The highest BCUT2D eigenvalue weighted by Crippen LogP contribution is 2.28. The summed E-state index contributed by atoms with van der Waals surface area (Å²) in [5, 5.41) is 9.46. The first-order chi connectivity index (χ1) is 11.7. The zero-order chi connectivity index (χ0) is 16.9. The number of benzene rings is 3. The Kier molecular flexibility index (Phi) is 4.97. The second-order valence-corrected chi connectivity index (χ2v) is 6.05. The molecule has 0 aliphatic rings. The van der Waals surface area contributed by atoms with Crippen LogP contribution in [0.1, 0.15) is 22.3 Å². The second-order valence-electron chi connectivity index (χ2n) is 6.05. The van der Waals surface area contributed by atoms with Crippen LogP contribution in [0.2, 0.25) is 0 Å². The summed E-state index contributed by atoms with van der Waals surface area (Å²) in [6.07, 6.45) is 0. The lowest BCUT2D eigenvalue weighted by atomic mass is 9.96. The van der Waals surface area contributed by atoms with Gasteiger partial charge in [0.15, 0.2) is 0 Å². The van der Waals surface area contributed by atoms with Gasteiger partial charge in [0.25, 0.3) is 0 Å². The largest absolute Gasteiger partial charge is 0.489 e. The molecule has 2 heteroatoms. The molecule has 3 rings (SSSR count). The monoisotopic (exact) mass is 318 g/mol. The van der Waals surface area contributed by atoms with E-state index >= 15 is 0 Å². The molecule has 0 fully saturated rings. The molecule has 0 spiro atoms. The lowest BCUT2D eigenvalue weighted by Gasteiger charge is -2.12. The molecule has 0 aliphatic carbocycles. The SMILES string of the molecule is Cc1cc(-c2cccc(OCc3ccccc3)c2)cc(C)c1CO. The molecule has 3 aromatic rings. The lowest BCUT2D eigenvalue weighted by molar-refractivity contribution is 0.280. The van der Waals surface area contributed by atoms with Crippen LogP contribution in [0.3, 0.4) is 0 Å². The molecule has 0 saturated carbocycles. The lowest BCUT2D eigenvalue weighted by Crippen LogP contribution is -1.96. The van der Waals surface area contributed by atoms with Gasteiger partial charge in [-0.2, -0.15) is 0 Å².